The summed E-state index contributed by atoms with van der Waals surface area (Å²) in [4.78, 5) is 13.8. The second-order valence-electron chi connectivity index (χ2n) is 4.47. The first-order chi connectivity index (χ1) is 10.5. The Labute approximate surface area is 141 Å². The summed E-state index contributed by atoms with van der Waals surface area (Å²) in [5.74, 6) is -0.522. The fraction of sp³-hybridized carbons (Fsp3) is 0.133. The smallest absolute Gasteiger partial charge is 0.326 e. The number of rotatable bonds is 4. The minimum atomic E-state index is -0.522. The van der Waals surface area contributed by atoms with E-state index in [4.69, 9.17) is 17.3 Å². The van der Waals surface area contributed by atoms with Gasteiger partial charge in [-0.2, -0.15) is 0 Å². The topological polar surface area (TPSA) is 58.4 Å². The summed E-state index contributed by atoms with van der Waals surface area (Å²) in [5, 5.41) is 3.10. The molecule has 4 nitrogen and oxygen atoms in total. The number of nitrogens with two attached hydrogens (primary N) is 1. The summed E-state index contributed by atoms with van der Waals surface area (Å²) in [6, 6.07) is 10.7. The molecule has 0 heterocycles. The summed E-state index contributed by atoms with van der Waals surface area (Å²) in [6.07, 6.45) is 0. The molecular weight excluding hydrogens is 373 g/mol. The number of anilines is 2. The first-order valence-corrected chi connectivity index (χ1v) is 7.67. The average molecular weight is 387 g/mol. The standard InChI is InChI=1S/C15H14BrClFN3O/c16-10-1-6-14(13(18)9-10)20-15(22)21(8-7-19)12-4-2-11(17)3-5-12/h1-6,9H,7-8,19H2,(H,20,22). The highest BCUT2D eigenvalue weighted by Crippen LogP contribution is 2.22. The van der Waals surface area contributed by atoms with Crippen LogP contribution in [0.2, 0.25) is 5.02 Å². The number of hydrogen-bond acceptors (Lipinski definition) is 2. The van der Waals surface area contributed by atoms with E-state index < -0.39 is 11.8 Å². The van der Waals surface area contributed by atoms with Gasteiger partial charge in [-0.3, -0.25) is 4.90 Å². The maximum atomic E-state index is 13.8. The molecule has 0 radical (unpaired) electrons. The van der Waals surface area contributed by atoms with Crippen molar-refractivity contribution in [3.8, 4) is 0 Å². The summed E-state index contributed by atoms with van der Waals surface area (Å²) in [6.45, 7) is 0.574. The van der Waals surface area contributed by atoms with E-state index in [2.05, 4.69) is 21.2 Å². The number of benzene rings is 2. The molecule has 0 aromatic heterocycles. The second kappa shape index (κ2) is 7.58. The number of carbonyl (C=O) groups is 1. The number of nitrogens with one attached hydrogen (secondary N) is 1. The summed E-state index contributed by atoms with van der Waals surface area (Å²) < 4.78 is 14.4. The van der Waals surface area contributed by atoms with Crippen molar-refractivity contribution in [2.45, 2.75) is 0 Å². The molecule has 0 unspecified atom stereocenters. The normalized spacial score (nSPS) is 10.4. The van der Waals surface area contributed by atoms with Crippen molar-refractivity contribution in [3.05, 3.63) is 57.8 Å². The molecular formula is C15H14BrClFN3O. The highest BCUT2D eigenvalue weighted by atomic mass is 79.9. The van der Waals surface area contributed by atoms with E-state index in [1.165, 1.54) is 17.0 Å². The maximum Gasteiger partial charge on any atom is 0.326 e. The van der Waals surface area contributed by atoms with Gasteiger partial charge in [0.05, 0.1) is 5.69 Å². The van der Waals surface area contributed by atoms with Gasteiger partial charge in [0.1, 0.15) is 5.82 Å². The SMILES string of the molecule is NCCN(C(=O)Nc1ccc(Br)cc1F)c1ccc(Cl)cc1. The maximum absolute atomic E-state index is 13.8. The lowest BCUT2D eigenvalue weighted by molar-refractivity contribution is 0.257. The van der Waals surface area contributed by atoms with Crippen LogP contribution in [0.1, 0.15) is 0 Å². The van der Waals surface area contributed by atoms with Crippen molar-refractivity contribution >= 4 is 44.9 Å². The predicted molar refractivity (Wildman–Crippen MR) is 91.0 cm³/mol. The molecule has 0 saturated heterocycles. The number of urea groups is 1. The van der Waals surface area contributed by atoms with Gasteiger partial charge in [0.15, 0.2) is 0 Å². The molecule has 0 aliphatic rings. The Morgan fingerprint density at radius 2 is 1.95 bits per heavy atom. The molecule has 0 aliphatic carbocycles. The van der Waals surface area contributed by atoms with Crippen LogP contribution in [0.5, 0.6) is 0 Å². The lowest BCUT2D eigenvalue weighted by Gasteiger charge is -2.22. The van der Waals surface area contributed by atoms with Crippen LogP contribution in [0.25, 0.3) is 0 Å². The molecule has 2 aromatic rings. The van der Waals surface area contributed by atoms with Crippen LogP contribution in [0, 0.1) is 5.82 Å². The molecule has 3 N–H and O–H groups in total. The van der Waals surface area contributed by atoms with Gasteiger partial charge in [-0.15, -0.1) is 0 Å². The monoisotopic (exact) mass is 385 g/mol. The minimum absolute atomic E-state index is 0.101. The molecule has 0 spiro atoms. The molecule has 7 heteroatoms. The summed E-state index contributed by atoms with van der Waals surface area (Å²) >= 11 is 9.01. The van der Waals surface area contributed by atoms with E-state index in [0.717, 1.165) is 0 Å². The summed E-state index contributed by atoms with van der Waals surface area (Å²) in [7, 11) is 0. The van der Waals surface area contributed by atoms with Crippen LogP contribution in [-0.4, -0.2) is 19.1 Å². The van der Waals surface area contributed by atoms with Crippen LogP contribution >= 0.6 is 27.5 Å². The van der Waals surface area contributed by atoms with Gasteiger partial charge in [-0.25, -0.2) is 9.18 Å². The zero-order chi connectivity index (χ0) is 16.1. The zero-order valence-electron chi connectivity index (χ0n) is 11.5. The van der Waals surface area contributed by atoms with E-state index in [1.54, 1.807) is 30.3 Å². The molecule has 2 amide bonds. The first-order valence-electron chi connectivity index (χ1n) is 6.50. The van der Waals surface area contributed by atoms with Crippen molar-refractivity contribution in [3.63, 3.8) is 0 Å². The molecule has 0 fully saturated rings. The van der Waals surface area contributed by atoms with Gasteiger partial charge >= 0.3 is 6.03 Å². The van der Waals surface area contributed by atoms with E-state index in [0.29, 0.717) is 21.7 Å². The van der Waals surface area contributed by atoms with E-state index in [9.17, 15) is 9.18 Å². The highest BCUT2D eigenvalue weighted by Gasteiger charge is 2.16. The van der Waals surface area contributed by atoms with Gasteiger partial charge in [0.25, 0.3) is 0 Å². The Morgan fingerprint density at radius 3 is 2.55 bits per heavy atom. The minimum Gasteiger partial charge on any atom is -0.329 e. The summed E-state index contributed by atoms with van der Waals surface area (Å²) in [5.41, 5.74) is 6.28. The number of halogens is 3. The highest BCUT2D eigenvalue weighted by molar-refractivity contribution is 9.10. The number of hydrogen-bond donors (Lipinski definition) is 2. The van der Waals surface area contributed by atoms with Gasteiger partial charge in [-0.1, -0.05) is 27.5 Å². The Hall–Kier alpha value is -1.63. The number of carbonyl (C=O) groups excluding carboxylic acids is 1. The lowest BCUT2D eigenvalue weighted by Crippen LogP contribution is -2.38. The van der Waals surface area contributed by atoms with E-state index in [1.807, 2.05) is 0 Å². The van der Waals surface area contributed by atoms with E-state index in [-0.39, 0.29) is 12.2 Å². The fourth-order valence-electron chi connectivity index (χ4n) is 1.87. The van der Waals surface area contributed by atoms with Crippen molar-refractivity contribution in [1.29, 1.82) is 0 Å². The molecule has 0 saturated carbocycles. The molecule has 0 bridgehead atoms. The van der Waals surface area contributed by atoms with Crippen molar-refractivity contribution in [2.24, 2.45) is 5.73 Å². The third-order valence-electron chi connectivity index (χ3n) is 2.91. The molecule has 0 aliphatic heterocycles. The Balaban J connectivity index is 2.21. The van der Waals surface area contributed by atoms with Gasteiger partial charge in [0.2, 0.25) is 0 Å². The van der Waals surface area contributed by atoms with Crippen LogP contribution in [-0.2, 0) is 0 Å². The largest absolute Gasteiger partial charge is 0.329 e. The Bertz CT molecular complexity index is 666. The van der Waals surface area contributed by atoms with Crippen LogP contribution in [0.3, 0.4) is 0 Å². The van der Waals surface area contributed by atoms with Crippen molar-refractivity contribution in [1.82, 2.24) is 0 Å². The third kappa shape index (κ3) is 4.19. The first kappa shape index (κ1) is 16.7. The Kier molecular flexibility index (Phi) is 5.76. The molecule has 0 atom stereocenters. The van der Waals surface area contributed by atoms with Gasteiger partial charge in [0, 0.05) is 28.3 Å². The van der Waals surface area contributed by atoms with Crippen molar-refractivity contribution in [2.75, 3.05) is 23.3 Å². The quantitative estimate of drug-likeness (QED) is 0.826. The Morgan fingerprint density at radius 1 is 1.27 bits per heavy atom. The van der Waals surface area contributed by atoms with E-state index >= 15 is 0 Å². The zero-order valence-corrected chi connectivity index (χ0v) is 13.9. The van der Waals surface area contributed by atoms with Crippen molar-refractivity contribution < 1.29 is 9.18 Å². The molecule has 2 aromatic carbocycles. The van der Waals surface area contributed by atoms with Gasteiger partial charge in [-0.05, 0) is 42.5 Å². The predicted octanol–water partition coefficient (Wildman–Crippen LogP) is 4.24. The average Bonchev–Trinajstić information content (AvgIpc) is 2.49. The number of nitrogens with zero attached hydrogens (tertiary/aromatic N) is 1. The van der Waals surface area contributed by atoms with Crippen LogP contribution in [0.15, 0.2) is 46.9 Å². The third-order valence-corrected chi connectivity index (χ3v) is 3.65. The van der Waals surface area contributed by atoms with Crippen LogP contribution in [0.4, 0.5) is 20.6 Å². The second-order valence-corrected chi connectivity index (χ2v) is 5.82. The fourth-order valence-corrected chi connectivity index (χ4v) is 2.33. The van der Waals surface area contributed by atoms with Gasteiger partial charge < -0.3 is 11.1 Å². The van der Waals surface area contributed by atoms with Crippen LogP contribution < -0.4 is 16.0 Å². The molecule has 2 rings (SSSR count). The number of amides is 2. The molecule has 22 heavy (non-hydrogen) atoms. The molecule has 116 valence electrons. The lowest BCUT2D eigenvalue weighted by atomic mass is 10.3.